The van der Waals surface area contributed by atoms with Crippen LogP contribution >= 0.6 is 0 Å². The number of carbonyl (C=O) groups excluding carboxylic acids is 9. The zero-order chi connectivity index (χ0) is 77.3. The van der Waals surface area contributed by atoms with Crippen molar-refractivity contribution in [1.82, 2.24) is 31.5 Å². The highest BCUT2D eigenvalue weighted by Crippen LogP contribution is 2.20. The Labute approximate surface area is 621 Å². The second-order valence-electron chi connectivity index (χ2n) is 26.1. The van der Waals surface area contributed by atoms with Crippen LogP contribution in [0.1, 0.15) is 186 Å². The highest BCUT2D eigenvalue weighted by molar-refractivity contribution is 5.91. The van der Waals surface area contributed by atoms with E-state index < -0.39 is 47.8 Å². The van der Waals surface area contributed by atoms with Gasteiger partial charge in [-0.15, -0.1) is 0 Å². The number of carbonyl (C=O) groups is 11. The topological polar surface area (TPSA) is 456 Å². The molecular formula is C74H128N10O21. The molecule has 0 spiro atoms. The molecule has 600 valence electrons. The molecule has 1 aromatic carbocycles. The van der Waals surface area contributed by atoms with Gasteiger partial charge in [0.1, 0.15) is 38.3 Å². The molecule has 0 aromatic heterocycles. The predicted molar refractivity (Wildman–Crippen MR) is 395 cm³/mol. The molecule has 0 aliphatic rings. The van der Waals surface area contributed by atoms with Crippen LogP contribution in [0.3, 0.4) is 0 Å². The number of carboxylic acid groups (broad SMARTS) is 2. The number of benzene rings is 1. The van der Waals surface area contributed by atoms with Crippen molar-refractivity contribution in [3.05, 3.63) is 35.9 Å². The Hall–Kier alpha value is -7.10. The van der Waals surface area contributed by atoms with Gasteiger partial charge in [0.2, 0.25) is 35.4 Å². The third-order valence-corrected chi connectivity index (χ3v) is 17.1. The lowest BCUT2D eigenvalue weighted by Crippen LogP contribution is -2.55. The lowest BCUT2D eigenvalue weighted by Gasteiger charge is -2.33. The number of aliphatic carboxylic acids is 2. The number of hydrogen-bond acceptors (Lipinski definition) is 21. The highest BCUT2D eigenvalue weighted by Gasteiger charge is 2.33. The molecule has 0 saturated carbocycles. The number of ketones is 3. The van der Waals surface area contributed by atoms with Crippen LogP contribution in [-0.4, -0.2) is 249 Å². The fraction of sp³-hybridized carbons (Fsp3) is 0.757. The maximum atomic E-state index is 13.7. The van der Waals surface area contributed by atoms with E-state index in [-0.39, 0.29) is 217 Å². The van der Waals surface area contributed by atoms with Crippen LogP contribution in [0.5, 0.6) is 0 Å². The number of amides is 6. The number of Topliss-reactive ketones (excluding diaryl/α,β-unsaturated/α-hetero) is 3. The van der Waals surface area contributed by atoms with Crippen molar-refractivity contribution < 1.29 is 101 Å². The van der Waals surface area contributed by atoms with E-state index in [4.69, 9.17) is 60.2 Å². The number of carboxylic acids is 2. The summed E-state index contributed by atoms with van der Waals surface area (Å²) in [7, 11) is 1.70. The van der Waals surface area contributed by atoms with Gasteiger partial charge in [0.15, 0.2) is 17.5 Å². The highest BCUT2D eigenvalue weighted by atomic mass is 16.5. The minimum absolute atomic E-state index is 0.0227. The molecule has 105 heavy (non-hydrogen) atoms. The van der Waals surface area contributed by atoms with E-state index in [0.717, 1.165) is 50.5 Å². The number of primary amides is 1. The van der Waals surface area contributed by atoms with E-state index in [0.29, 0.717) is 58.1 Å². The van der Waals surface area contributed by atoms with Crippen molar-refractivity contribution in [2.24, 2.45) is 34.0 Å². The van der Waals surface area contributed by atoms with E-state index in [2.05, 4.69) is 31.6 Å². The van der Waals surface area contributed by atoms with Crippen molar-refractivity contribution in [2.75, 3.05) is 145 Å². The first-order valence-corrected chi connectivity index (χ1v) is 37.7. The molecular weight excluding hydrogens is 1360 g/mol. The lowest BCUT2D eigenvalue weighted by molar-refractivity contribution is -0.144. The summed E-state index contributed by atoms with van der Waals surface area (Å²) in [5.41, 5.74) is 17.5. The van der Waals surface area contributed by atoms with Crippen molar-refractivity contribution in [3.8, 4) is 0 Å². The van der Waals surface area contributed by atoms with Gasteiger partial charge in [-0.05, 0) is 70.9 Å². The molecule has 0 bridgehead atoms. The van der Waals surface area contributed by atoms with E-state index in [9.17, 15) is 57.8 Å². The summed E-state index contributed by atoms with van der Waals surface area (Å²) in [6.07, 6.45) is 19.2. The number of hydrogen-bond donors (Lipinski definition) is 10. The summed E-state index contributed by atoms with van der Waals surface area (Å²) in [4.78, 5) is 141. The van der Waals surface area contributed by atoms with Gasteiger partial charge in [0.05, 0.1) is 90.7 Å². The molecule has 0 aliphatic carbocycles. The number of likely N-dealkylation sites (N-methyl/N-ethyl adjacent to an activating group) is 1. The molecule has 31 nitrogen and oxygen atoms in total. The summed E-state index contributed by atoms with van der Waals surface area (Å²) in [6.45, 7) is 6.89. The van der Waals surface area contributed by atoms with E-state index in [1.54, 1.807) is 18.9 Å². The van der Waals surface area contributed by atoms with Crippen molar-refractivity contribution in [2.45, 2.75) is 205 Å². The van der Waals surface area contributed by atoms with Crippen LogP contribution in [0.4, 0.5) is 0 Å². The number of nitrogens with zero attached hydrogens (tertiary/aromatic N) is 2. The molecule has 1 rings (SSSR count). The van der Waals surface area contributed by atoms with Gasteiger partial charge in [-0.25, -0.2) is 0 Å². The molecule has 31 heteroatoms. The first-order chi connectivity index (χ1) is 50.6. The molecule has 0 saturated heterocycles. The molecule has 0 aliphatic heterocycles. The quantitative estimate of drug-likeness (QED) is 0.0250. The van der Waals surface area contributed by atoms with Crippen LogP contribution in [0.2, 0.25) is 0 Å². The third kappa shape index (κ3) is 56.8. The monoisotopic (exact) mass is 1490 g/mol. The van der Waals surface area contributed by atoms with Gasteiger partial charge in [0.25, 0.3) is 0 Å². The molecule has 0 heterocycles. The van der Waals surface area contributed by atoms with Gasteiger partial charge in [-0.1, -0.05) is 121 Å². The number of ether oxygens (including phenoxy) is 8. The summed E-state index contributed by atoms with van der Waals surface area (Å²) in [6, 6.07) is 6.82. The maximum Gasteiger partial charge on any atom is 0.306 e. The Morgan fingerprint density at radius 3 is 1.39 bits per heavy atom. The predicted octanol–water partition coefficient (Wildman–Crippen LogP) is 4.03. The van der Waals surface area contributed by atoms with Gasteiger partial charge in [-0.2, -0.15) is 0 Å². The Bertz CT molecular complexity index is 2590. The SMILES string of the molecule is CC(C(=O)[C@@H](C)CCCCNC(=O)COCCOCCNC(=O)COCCOCCCC(=O)COCCOCCNC(=O)COCCOCCNC(=O)CC[C@H](CC(=O)CCCCCCCCCCCCCCCCC(=O)O)C(=O)O)N(C)[C@@H](CCCN=C(N)N)C(=O)N[C@@H](Cc1ccccc1)C(N)=O. The molecule has 1 aromatic rings. The minimum Gasteiger partial charge on any atom is -0.481 e. The summed E-state index contributed by atoms with van der Waals surface area (Å²) in [5, 5.41) is 32.0. The third-order valence-electron chi connectivity index (χ3n) is 17.1. The second-order valence-corrected chi connectivity index (χ2v) is 26.1. The zero-order valence-electron chi connectivity index (χ0n) is 63.0. The van der Waals surface area contributed by atoms with Crippen LogP contribution < -0.4 is 43.8 Å². The first-order valence-electron chi connectivity index (χ1n) is 37.7. The normalized spacial score (nSPS) is 12.7. The molecule has 1 unspecified atom stereocenters. The van der Waals surface area contributed by atoms with Gasteiger partial charge < -0.3 is 91.9 Å². The average molecular weight is 1490 g/mol. The Morgan fingerprint density at radius 2 is 0.905 bits per heavy atom. The summed E-state index contributed by atoms with van der Waals surface area (Å²) >= 11 is 0. The molecule has 13 N–H and O–H groups in total. The fourth-order valence-corrected chi connectivity index (χ4v) is 10.9. The zero-order valence-corrected chi connectivity index (χ0v) is 63.0. The standard InChI is InChI=1S/C74H128N10O21/c1-57(70(93)58(2)84(3)64(30-23-35-82-74(76)77)72(95)83-63(71(75)94)51-59-26-17-16-18-27-59)25-21-22-34-78-66(88)54-104-49-46-101-42-38-81-67(89)55-103-48-43-98-39-24-29-62(86)53-102-47-44-100-41-37-80-68(90)56-105-50-45-99-40-36-79-65(87)33-32-60(73(96)97)52-61(85)28-19-14-12-10-8-6-4-5-7-9-11-13-15-20-31-69(91)92/h16-18,26-27,57-58,60,63-64H,4-15,19-25,28-56H2,1-3H3,(H2,75,94)(H,78,88)(H,79,87)(H,80,90)(H,81,89)(H,83,95)(H,91,92)(H,96,97)(H4,76,77,82)/t57-,58?,60+,63-,64-/m0/s1. The largest absolute Gasteiger partial charge is 0.481 e. The van der Waals surface area contributed by atoms with Crippen molar-refractivity contribution >= 4 is 70.7 Å². The molecule has 5 atom stereocenters. The molecule has 0 radical (unpaired) electrons. The van der Waals surface area contributed by atoms with Crippen LogP contribution in [0.25, 0.3) is 0 Å². The maximum absolute atomic E-state index is 13.7. The molecule has 0 fully saturated rings. The van der Waals surface area contributed by atoms with Gasteiger partial charge in [-0.3, -0.25) is 62.6 Å². The Morgan fingerprint density at radius 1 is 0.457 bits per heavy atom. The second kappa shape index (κ2) is 65.2. The molecule has 6 amide bonds. The smallest absolute Gasteiger partial charge is 0.306 e. The number of nitrogens with one attached hydrogen (secondary N) is 5. The minimum atomic E-state index is -1.09. The number of guanidine groups is 1. The van der Waals surface area contributed by atoms with Gasteiger partial charge in [0, 0.05) is 83.8 Å². The first kappa shape index (κ1) is 95.9. The summed E-state index contributed by atoms with van der Waals surface area (Å²) in [5.74, 6) is -5.78. The van der Waals surface area contributed by atoms with E-state index >= 15 is 0 Å². The number of nitrogens with two attached hydrogens (primary N) is 3. The number of rotatable bonds is 74. The Balaban J connectivity index is 1.97. The Kier molecular flexibility index (Phi) is 59.6. The van der Waals surface area contributed by atoms with E-state index in [1.807, 2.05) is 37.3 Å². The average Bonchev–Trinajstić information content (AvgIpc) is 0.845. The fourth-order valence-electron chi connectivity index (χ4n) is 10.9. The van der Waals surface area contributed by atoms with Crippen LogP contribution in [-0.2, 0) is 97.1 Å². The van der Waals surface area contributed by atoms with E-state index in [1.165, 1.54) is 44.9 Å². The van der Waals surface area contributed by atoms with Crippen molar-refractivity contribution in [3.63, 3.8) is 0 Å². The summed E-state index contributed by atoms with van der Waals surface area (Å²) < 4.78 is 43.3. The lowest BCUT2D eigenvalue weighted by atomic mass is 9.93. The number of aliphatic imine (C=N–C) groups is 1. The van der Waals surface area contributed by atoms with Crippen LogP contribution in [0.15, 0.2) is 35.3 Å². The van der Waals surface area contributed by atoms with Crippen molar-refractivity contribution in [1.29, 1.82) is 0 Å². The number of unbranched alkanes of at least 4 members (excludes halogenated alkanes) is 14. The van der Waals surface area contributed by atoms with Crippen LogP contribution in [0, 0.1) is 11.8 Å². The van der Waals surface area contributed by atoms with Gasteiger partial charge >= 0.3 is 11.9 Å².